The van der Waals surface area contributed by atoms with Gasteiger partial charge in [0.1, 0.15) is 0 Å². The molecule has 0 saturated carbocycles. The molecule has 0 nitrogen and oxygen atoms in total. The van der Waals surface area contributed by atoms with E-state index < -0.39 is 0 Å². The first-order chi connectivity index (χ1) is 11.9. The number of benzene rings is 3. The van der Waals surface area contributed by atoms with Crippen molar-refractivity contribution >= 4 is 0 Å². The van der Waals surface area contributed by atoms with Crippen LogP contribution in [0.5, 0.6) is 0 Å². The summed E-state index contributed by atoms with van der Waals surface area (Å²) >= 11 is 0. The monoisotopic (exact) mass is 326 g/mol. The van der Waals surface area contributed by atoms with Gasteiger partial charge in [-0.15, -0.1) is 0 Å². The van der Waals surface area contributed by atoms with Gasteiger partial charge in [-0.3, -0.25) is 0 Å². The molecule has 0 aliphatic heterocycles. The van der Waals surface area contributed by atoms with E-state index in [4.69, 9.17) is 0 Å². The third-order valence-corrected chi connectivity index (χ3v) is 5.91. The molecule has 4 rings (SSSR count). The van der Waals surface area contributed by atoms with Crippen molar-refractivity contribution in [3.05, 3.63) is 106 Å². The summed E-state index contributed by atoms with van der Waals surface area (Å²) in [6.45, 7) is 9.09. The van der Waals surface area contributed by atoms with Gasteiger partial charge in [-0.25, -0.2) is 0 Å². The SMILES string of the molecule is Cc1ccc(C2(c3ccc(C)cc3)CC(C)(C)c3ccccc32)cc1. The molecule has 0 fully saturated rings. The summed E-state index contributed by atoms with van der Waals surface area (Å²) < 4.78 is 0. The zero-order chi connectivity index (χ0) is 17.7. The number of hydrogen-bond donors (Lipinski definition) is 0. The van der Waals surface area contributed by atoms with E-state index in [1.165, 1.54) is 33.4 Å². The topological polar surface area (TPSA) is 0 Å². The Morgan fingerprint density at radius 1 is 0.600 bits per heavy atom. The van der Waals surface area contributed by atoms with Crippen molar-refractivity contribution in [2.45, 2.75) is 44.9 Å². The molecule has 0 radical (unpaired) electrons. The lowest BCUT2D eigenvalue weighted by Gasteiger charge is -2.34. The number of hydrogen-bond acceptors (Lipinski definition) is 0. The summed E-state index contributed by atoms with van der Waals surface area (Å²) in [6.07, 6.45) is 1.10. The average Bonchev–Trinajstić information content (AvgIpc) is 2.85. The molecule has 0 heterocycles. The second kappa shape index (κ2) is 5.59. The van der Waals surface area contributed by atoms with Gasteiger partial charge in [0.15, 0.2) is 0 Å². The van der Waals surface area contributed by atoms with E-state index in [2.05, 4.69) is 100 Å². The van der Waals surface area contributed by atoms with Crippen LogP contribution in [-0.2, 0) is 10.8 Å². The van der Waals surface area contributed by atoms with Crippen molar-refractivity contribution in [2.24, 2.45) is 0 Å². The van der Waals surface area contributed by atoms with Crippen LogP contribution in [0.4, 0.5) is 0 Å². The predicted molar refractivity (Wildman–Crippen MR) is 106 cm³/mol. The Morgan fingerprint density at radius 2 is 1.04 bits per heavy atom. The molecule has 126 valence electrons. The van der Waals surface area contributed by atoms with Gasteiger partial charge in [-0.05, 0) is 47.9 Å². The Hall–Kier alpha value is -2.34. The Labute approximate surface area is 151 Å². The molecule has 0 aromatic heterocycles. The first kappa shape index (κ1) is 16.1. The van der Waals surface area contributed by atoms with Crippen LogP contribution in [0, 0.1) is 13.8 Å². The fraction of sp³-hybridized carbons (Fsp3) is 0.280. The minimum Gasteiger partial charge on any atom is -0.0620 e. The standard InChI is InChI=1S/C25H26/c1-18-9-13-20(14-10-18)25(21-15-11-19(2)12-16-21)17-24(3,4)22-7-5-6-8-23(22)25/h5-16H,17H2,1-4H3. The molecule has 0 N–H and O–H groups in total. The first-order valence-corrected chi connectivity index (χ1v) is 9.18. The fourth-order valence-corrected chi connectivity index (χ4v) is 4.66. The zero-order valence-corrected chi connectivity index (χ0v) is 15.6. The van der Waals surface area contributed by atoms with Crippen LogP contribution in [0.1, 0.15) is 53.6 Å². The maximum atomic E-state index is 2.38. The molecular formula is C25H26. The summed E-state index contributed by atoms with van der Waals surface area (Å²) in [6, 6.07) is 27.3. The van der Waals surface area contributed by atoms with Crippen LogP contribution < -0.4 is 0 Å². The molecule has 1 aliphatic rings. The molecule has 3 aromatic carbocycles. The smallest absolute Gasteiger partial charge is 0.0462 e. The van der Waals surface area contributed by atoms with Crippen molar-refractivity contribution in [3.8, 4) is 0 Å². The van der Waals surface area contributed by atoms with Crippen molar-refractivity contribution < 1.29 is 0 Å². The minimum atomic E-state index is -0.0680. The second-order valence-corrected chi connectivity index (χ2v) is 8.24. The minimum absolute atomic E-state index is 0.0680. The molecular weight excluding hydrogens is 300 g/mol. The lowest BCUT2D eigenvalue weighted by Crippen LogP contribution is -2.28. The Bertz CT molecular complexity index is 850. The summed E-state index contributed by atoms with van der Waals surface area (Å²) in [7, 11) is 0. The lowest BCUT2D eigenvalue weighted by molar-refractivity contribution is 0.444. The predicted octanol–water partition coefficient (Wildman–Crippen LogP) is 6.32. The normalized spacial score (nSPS) is 17.3. The van der Waals surface area contributed by atoms with Crippen LogP contribution in [0.25, 0.3) is 0 Å². The van der Waals surface area contributed by atoms with Crippen molar-refractivity contribution in [3.63, 3.8) is 0 Å². The van der Waals surface area contributed by atoms with Gasteiger partial charge in [0.2, 0.25) is 0 Å². The highest BCUT2D eigenvalue weighted by molar-refractivity contribution is 5.59. The van der Waals surface area contributed by atoms with E-state index in [0.29, 0.717) is 0 Å². The van der Waals surface area contributed by atoms with Gasteiger partial charge in [-0.2, -0.15) is 0 Å². The highest BCUT2D eigenvalue weighted by atomic mass is 14.5. The van der Waals surface area contributed by atoms with Crippen molar-refractivity contribution in [2.75, 3.05) is 0 Å². The highest BCUT2D eigenvalue weighted by Gasteiger charge is 2.49. The highest BCUT2D eigenvalue weighted by Crippen LogP contribution is 2.56. The van der Waals surface area contributed by atoms with E-state index in [0.717, 1.165) is 6.42 Å². The van der Waals surface area contributed by atoms with Gasteiger partial charge < -0.3 is 0 Å². The average molecular weight is 326 g/mol. The van der Waals surface area contributed by atoms with Crippen LogP contribution in [0.3, 0.4) is 0 Å². The van der Waals surface area contributed by atoms with E-state index in [-0.39, 0.29) is 10.8 Å². The molecule has 0 heteroatoms. The van der Waals surface area contributed by atoms with Crippen LogP contribution >= 0.6 is 0 Å². The zero-order valence-electron chi connectivity index (χ0n) is 15.6. The molecule has 0 amide bonds. The third-order valence-electron chi connectivity index (χ3n) is 5.91. The fourth-order valence-electron chi connectivity index (χ4n) is 4.66. The van der Waals surface area contributed by atoms with Crippen molar-refractivity contribution in [1.82, 2.24) is 0 Å². The van der Waals surface area contributed by atoms with Gasteiger partial charge in [0.25, 0.3) is 0 Å². The van der Waals surface area contributed by atoms with E-state index >= 15 is 0 Å². The number of fused-ring (bicyclic) bond motifs is 1. The molecule has 3 aromatic rings. The summed E-state index contributed by atoms with van der Waals surface area (Å²) in [5.74, 6) is 0. The van der Waals surface area contributed by atoms with E-state index in [1.807, 2.05) is 0 Å². The quantitative estimate of drug-likeness (QED) is 0.517. The largest absolute Gasteiger partial charge is 0.0620 e. The van der Waals surface area contributed by atoms with Crippen molar-refractivity contribution in [1.29, 1.82) is 0 Å². The Kier molecular flexibility index (Phi) is 3.61. The molecule has 1 aliphatic carbocycles. The van der Waals surface area contributed by atoms with Crippen LogP contribution in [0.2, 0.25) is 0 Å². The van der Waals surface area contributed by atoms with E-state index in [9.17, 15) is 0 Å². The van der Waals surface area contributed by atoms with Gasteiger partial charge in [0, 0.05) is 5.41 Å². The van der Waals surface area contributed by atoms with Gasteiger partial charge in [0.05, 0.1) is 0 Å². The maximum Gasteiger partial charge on any atom is 0.0462 e. The van der Waals surface area contributed by atoms with Crippen LogP contribution in [0.15, 0.2) is 72.8 Å². The van der Waals surface area contributed by atoms with Crippen LogP contribution in [-0.4, -0.2) is 0 Å². The van der Waals surface area contributed by atoms with Gasteiger partial charge in [-0.1, -0.05) is 97.8 Å². The summed E-state index contributed by atoms with van der Waals surface area (Å²) in [5, 5.41) is 0. The molecule has 0 spiro atoms. The molecule has 0 atom stereocenters. The molecule has 0 unspecified atom stereocenters. The molecule has 0 saturated heterocycles. The molecule has 0 bridgehead atoms. The van der Waals surface area contributed by atoms with E-state index in [1.54, 1.807) is 0 Å². The van der Waals surface area contributed by atoms with Gasteiger partial charge >= 0.3 is 0 Å². The number of rotatable bonds is 2. The molecule has 25 heavy (non-hydrogen) atoms. The Balaban J connectivity index is 2.05. The lowest BCUT2D eigenvalue weighted by atomic mass is 9.68. The maximum absolute atomic E-state index is 2.38. The summed E-state index contributed by atoms with van der Waals surface area (Å²) in [4.78, 5) is 0. The number of aryl methyl sites for hydroxylation is 2. The first-order valence-electron chi connectivity index (χ1n) is 9.18. The second-order valence-electron chi connectivity index (χ2n) is 8.24. The Morgan fingerprint density at radius 3 is 1.52 bits per heavy atom. The summed E-state index contributed by atoms with van der Waals surface area (Å²) in [5.41, 5.74) is 8.47. The third kappa shape index (κ3) is 2.43.